The number of benzene rings is 1. The first-order valence-electron chi connectivity index (χ1n) is 8.40. The number of amides is 1. The molecule has 0 radical (unpaired) electrons. The van der Waals surface area contributed by atoms with E-state index in [2.05, 4.69) is 20.6 Å². The fourth-order valence-electron chi connectivity index (χ4n) is 3.31. The Balaban J connectivity index is 1.77. The maximum atomic E-state index is 13.1. The normalized spacial score (nSPS) is 18.8. The third-order valence-electron chi connectivity index (χ3n) is 4.90. The first-order valence-corrected chi connectivity index (χ1v) is 8.40. The summed E-state index contributed by atoms with van der Waals surface area (Å²) < 4.78 is 38.2. The predicted molar refractivity (Wildman–Crippen MR) is 87.2 cm³/mol. The highest BCUT2D eigenvalue weighted by Gasteiger charge is 2.38. The number of tetrazole rings is 1. The van der Waals surface area contributed by atoms with Crippen LogP contribution in [0.5, 0.6) is 0 Å². The summed E-state index contributed by atoms with van der Waals surface area (Å²) in [7, 11) is 0. The summed E-state index contributed by atoms with van der Waals surface area (Å²) in [5.74, 6) is 0.468. The van der Waals surface area contributed by atoms with E-state index >= 15 is 0 Å². The summed E-state index contributed by atoms with van der Waals surface area (Å²) >= 11 is 0. The Hall–Kier alpha value is -2.45. The van der Waals surface area contributed by atoms with Crippen molar-refractivity contribution in [3.05, 3.63) is 41.2 Å². The zero-order valence-corrected chi connectivity index (χ0v) is 14.5. The smallest absolute Gasteiger partial charge is 0.341 e. The number of alkyl halides is 3. The molecule has 1 aromatic heterocycles. The Bertz CT molecular complexity index is 756. The summed E-state index contributed by atoms with van der Waals surface area (Å²) in [4.78, 5) is 14.8. The molecule has 1 unspecified atom stereocenters. The number of likely N-dealkylation sites (tertiary alicyclic amines) is 1. The molecule has 1 fully saturated rings. The van der Waals surface area contributed by atoms with Gasteiger partial charge in [0.15, 0.2) is 5.82 Å². The molecule has 3 rings (SSSR count). The average Bonchev–Trinajstić information content (AvgIpc) is 3.15. The van der Waals surface area contributed by atoms with Crippen LogP contribution in [-0.4, -0.2) is 44.5 Å². The van der Waals surface area contributed by atoms with Crippen molar-refractivity contribution < 1.29 is 18.0 Å². The van der Waals surface area contributed by atoms with Crippen LogP contribution in [0.4, 0.5) is 13.2 Å². The molecule has 1 aliphatic heterocycles. The Morgan fingerprint density at radius 1 is 1.19 bits per heavy atom. The first-order chi connectivity index (χ1) is 12.2. The van der Waals surface area contributed by atoms with Gasteiger partial charge in [-0.3, -0.25) is 4.79 Å². The second kappa shape index (κ2) is 6.69. The van der Waals surface area contributed by atoms with Gasteiger partial charge in [0.05, 0.1) is 11.0 Å². The molecular formula is C17H20F3N5O. The number of aromatic amines is 1. The van der Waals surface area contributed by atoms with Crippen LogP contribution in [0.2, 0.25) is 0 Å². The molecule has 140 valence electrons. The third-order valence-corrected chi connectivity index (χ3v) is 4.90. The molecule has 0 spiro atoms. The maximum absolute atomic E-state index is 13.1. The molecule has 2 heterocycles. The number of H-pyrrole nitrogens is 1. The average molecular weight is 367 g/mol. The molecule has 1 amide bonds. The lowest BCUT2D eigenvalue weighted by Crippen LogP contribution is -2.47. The number of piperidine rings is 1. The number of rotatable bonds is 3. The van der Waals surface area contributed by atoms with Crippen LogP contribution in [0, 0.1) is 0 Å². The van der Waals surface area contributed by atoms with Crippen molar-refractivity contribution in [2.45, 2.75) is 44.2 Å². The molecule has 1 N–H and O–H groups in total. The van der Waals surface area contributed by atoms with Crippen molar-refractivity contribution in [2.75, 3.05) is 13.1 Å². The minimum atomic E-state index is -4.39. The van der Waals surface area contributed by atoms with Gasteiger partial charge >= 0.3 is 6.18 Å². The lowest BCUT2D eigenvalue weighted by molar-refractivity contribution is -0.137. The van der Waals surface area contributed by atoms with E-state index in [1.807, 2.05) is 0 Å². The van der Waals surface area contributed by atoms with Crippen LogP contribution in [0.15, 0.2) is 24.3 Å². The fourth-order valence-corrected chi connectivity index (χ4v) is 3.31. The van der Waals surface area contributed by atoms with Gasteiger partial charge in [0, 0.05) is 19.0 Å². The van der Waals surface area contributed by atoms with Crippen LogP contribution >= 0.6 is 0 Å². The minimum absolute atomic E-state index is 0.00913. The van der Waals surface area contributed by atoms with Crippen molar-refractivity contribution in [1.82, 2.24) is 25.5 Å². The molecule has 1 atom stereocenters. The van der Waals surface area contributed by atoms with Crippen LogP contribution in [0.1, 0.15) is 49.6 Å². The molecule has 2 aromatic rings. The van der Waals surface area contributed by atoms with Crippen molar-refractivity contribution in [3.63, 3.8) is 0 Å². The molecule has 6 nitrogen and oxygen atoms in total. The summed E-state index contributed by atoms with van der Waals surface area (Å²) in [5.41, 5.74) is -1.10. The summed E-state index contributed by atoms with van der Waals surface area (Å²) in [6.45, 7) is 4.55. The number of halogens is 3. The Labute approximate surface area is 148 Å². The van der Waals surface area contributed by atoms with Crippen LogP contribution in [0.25, 0.3) is 0 Å². The second-order valence-corrected chi connectivity index (χ2v) is 7.06. The Kier molecular flexibility index (Phi) is 4.72. The standard InChI is InChI=1S/C17H20F3N5O/c1-16(2,12-5-7-13(8-6-12)17(18,19)20)15(26)25-9-3-4-11(10-25)14-21-23-24-22-14/h5-8,11H,3-4,9-10H2,1-2H3,(H,21,22,23,24). The molecule has 0 aliphatic carbocycles. The first kappa shape index (κ1) is 18.3. The minimum Gasteiger partial charge on any atom is -0.341 e. The second-order valence-electron chi connectivity index (χ2n) is 7.06. The zero-order chi connectivity index (χ0) is 18.9. The van der Waals surface area contributed by atoms with E-state index < -0.39 is 17.2 Å². The SMILES string of the molecule is CC(C)(C(=O)N1CCCC(c2nn[nH]n2)C1)c1ccc(C(F)(F)F)cc1. The maximum Gasteiger partial charge on any atom is 0.416 e. The fraction of sp³-hybridized carbons (Fsp3) is 0.529. The molecular weight excluding hydrogens is 347 g/mol. The van der Waals surface area contributed by atoms with E-state index in [0.29, 0.717) is 24.5 Å². The van der Waals surface area contributed by atoms with E-state index in [4.69, 9.17) is 0 Å². The highest BCUT2D eigenvalue weighted by Crippen LogP contribution is 2.33. The third kappa shape index (κ3) is 3.56. The zero-order valence-electron chi connectivity index (χ0n) is 14.5. The summed E-state index contributed by atoms with van der Waals surface area (Å²) in [6.07, 6.45) is -2.71. The van der Waals surface area contributed by atoms with Crippen molar-refractivity contribution in [3.8, 4) is 0 Å². The number of hydrogen-bond donors (Lipinski definition) is 1. The Morgan fingerprint density at radius 2 is 1.85 bits per heavy atom. The van der Waals surface area contributed by atoms with Crippen molar-refractivity contribution in [2.24, 2.45) is 0 Å². The van der Waals surface area contributed by atoms with E-state index in [1.165, 1.54) is 12.1 Å². The molecule has 0 bridgehead atoms. The van der Waals surface area contributed by atoms with Gasteiger partial charge in [-0.05, 0) is 44.4 Å². The van der Waals surface area contributed by atoms with Gasteiger partial charge in [0.25, 0.3) is 0 Å². The molecule has 0 saturated carbocycles. The van der Waals surface area contributed by atoms with E-state index in [9.17, 15) is 18.0 Å². The van der Waals surface area contributed by atoms with E-state index in [1.54, 1.807) is 18.7 Å². The molecule has 9 heteroatoms. The van der Waals surface area contributed by atoms with Gasteiger partial charge < -0.3 is 4.90 Å². The highest BCUT2D eigenvalue weighted by molar-refractivity contribution is 5.87. The van der Waals surface area contributed by atoms with Gasteiger partial charge in [-0.25, -0.2) is 0 Å². The van der Waals surface area contributed by atoms with Gasteiger partial charge in [-0.15, -0.1) is 10.2 Å². The van der Waals surface area contributed by atoms with E-state index in [-0.39, 0.29) is 11.8 Å². The molecule has 1 aromatic carbocycles. The topological polar surface area (TPSA) is 74.8 Å². The van der Waals surface area contributed by atoms with Gasteiger partial charge in [0.1, 0.15) is 0 Å². The Morgan fingerprint density at radius 3 is 2.42 bits per heavy atom. The number of carbonyl (C=O) groups excluding carboxylic acids is 1. The van der Waals surface area contributed by atoms with Gasteiger partial charge in [-0.1, -0.05) is 17.3 Å². The van der Waals surface area contributed by atoms with Crippen LogP contribution in [-0.2, 0) is 16.4 Å². The predicted octanol–water partition coefficient (Wildman–Crippen LogP) is 2.90. The van der Waals surface area contributed by atoms with Crippen LogP contribution in [0.3, 0.4) is 0 Å². The van der Waals surface area contributed by atoms with Crippen LogP contribution < -0.4 is 0 Å². The quantitative estimate of drug-likeness (QED) is 0.905. The molecule has 1 saturated heterocycles. The number of nitrogens with one attached hydrogen (secondary N) is 1. The monoisotopic (exact) mass is 367 g/mol. The number of carbonyl (C=O) groups is 1. The lowest BCUT2D eigenvalue weighted by atomic mass is 9.82. The number of aromatic nitrogens is 4. The number of hydrogen-bond acceptors (Lipinski definition) is 4. The molecule has 1 aliphatic rings. The summed E-state index contributed by atoms with van der Waals surface area (Å²) in [5, 5.41) is 14.0. The van der Waals surface area contributed by atoms with Gasteiger partial charge in [-0.2, -0.15) is 18.4 Å². The molecule has 26 heavy (non-hydrogen) atoms. The highest BCUT2D eigenvalue weighted by atomic mass is 19.4. The number of nitrogens with zero attached hydrogens (tertiary/aromatic N) is 4. The lowest BCUT2D eigenvalue weighted by Gasteiger charge is -2.37. The van der Waals surface area contributed by atoms with Crippen molar-refractivity contribution in [1.29, 1.82) is 0 Å². The van der Waals surface area contributed by atoms with E-state index in [0.717, 1.165) is 25.0 Å². The largest absolute Gasteiger partial charge is 0.416 e. The van der Waals surface area contributed by atoms with Gasteiger partial charge in [0.2, 0.25) is 5.91 Å². The summed E-state index contributed by atoms with van der Waals surface area (Å²) in [6, 6.07) is 4.79. The van der Waals surface area contributed by atoms with Crippen molar-refractivity contribution >= 4 is 5.91 Å².